The van der Waals surface area contributed by atoms with Gasteiger partial charge in [-0.3, -0.25) is 0 Å². The minimum atomic E-state index is 0.730. The largest absolute Gasteiger partial charge is 0.385 e. The lowest BCUT2D eigenvalue weighted by molar-refractivity contribution is 0.574. The van der Waals surface area contributed by atoms with E-state index < -0.39 is 0 Å². The third kappa shape index (κ3) is 3.22. The monoisotopic (exact) mass is 232 g/mol. The Morgan fingerprint density at radius 3 is 2.53 bits per heavy atom. The SMILES string of the molecule is Cc1cc(C)c(NCCC2CCCN2)c(C)c1. The molecular weight excluding hydrogens is 208 g/mol. The fourth-order valence-corrected chi connectivity index (χ4v) is 2.83. The normalized spacial score (nSPS) is 19.6. The van der Waals surface area contributed by atoms with Crippen LogP contribution in [0.2, 0.25) is 0 Å². The minimum absolute atomic E-state index is 0.730. The van der Waals surface area contributed by atoms with Gasteiger partial charge in [0, 0.05) is 18.3 Å². The van der Waals surface area contributed by atoms with Gasteiger partial charge < -0.3 is 10.6 Å². The second-order valence-corrected chi connectivity index (χ2v) is 5.28. The van der Waals surface area contributed by atoms with E-state index in [0.29, 0.717) is 0 Å². The fourth-order valence-electron chi connectivity index (χ4n) is 2.83. The molecule has 2 rings (SSSR count). The molecule has 1 aromatic rings. The molecule has 1 aromatic carbocycles. The minimum Gasteiger partial charge on any atom is -0.385 e. The van der Waals surface area contributed by atoms with Crippen LogP contribution in [0.25, 0.3) is 0 Å². The van der Waals surface area contributed by atoms with Crippen LogP contribution in [-0.4, -0.2) is 19.1 Å². The molecule has 0 spiro atoms. The van der Waals surface area contributed by atoms with Crippen LogP contribution in [0.4, 0.5) is 5.69 Å². The molecule has 1 atom stereocenters. The molecule has 1 aliphatic heterocycles. The van der Waals surface area contributed by atoms with Crippen molar-refractivity contribution in [1.82, 2.24) is 5.32 Å². The highest BCUT2D eigenvalue weighted by Gasteiger charge is 2.13. The molecule has 1 aliphatic rings. The third-order valence-electron chi connectivity index (χ3n) is 3.63. The molecule has 94 valence electrons. The summed E-state index contributed by atoms with van der Waals surface area (Å²) in [6.45, 7) is 8.81. The van der Waals surface area contributed by atoms with Crippen molar-refractivity contribution in [1.29, 1.82) is 0 Å². The molecule has 0 aliphatic carbocycles. The molecule has 1 fully saturated rings. The first-order valence-electron chi connectivity index (χ1n) is 6.72. The van der Waals surface area contributed by atoms with Crippen molar-refractivity contribution in [3.63, 3.8) is 0 Å². The van der Waals surface area contributed by atoms with E-state index in [-0.39, 0.29) is 0 Å². The molecule has 2 N–H and O–H groups in total. The third-order valence-corrected chi connectivity index (χ3v) is 3.63. The van der Waals surface area contributed by atoms with Gasteiger partial charge in [0.15, 0.2) is 0 Å². The van der Waals surface area contributed by atoms with Gasteiger partial charge in [0.05, 0.1) is 0 Å². The first-order valence-corrected chi connectivity index (χ1v) is 6.72. The van der Waals surface area contributed by atoms with Crippen molar-refractivity contribution in [3.8, 4) is 0 Å². The Bertz CT molecular complexity index is 356. The number of nitrogens with one attached hydrogen (secondary N) is 2. The number of hydrogen-bond donors (Lipinski definition) is 2. The summed E-state index contributed by atoms with van der Waals surface area (Å²) in [6, 6.07) is 5.24. The second-order valence-electron chi connectivity index (χ2n) is 5.28. The maximum Gasteiger partial charge on any atom is 0.0399 e. The van der Waals surface area contributed by atoms with E-state index in [1.807, 2.05) is 0 Å². The lowest BCUT2D eigenvalue weighted by Gasteiger charge is -2.16. The highest BCUT2D eigenvalue weighted by Crippen LogP contribution is 2.22. The van der Waals surface area contributed by atoms with Gasteiger partial charge >= 0.3 is 0 Å². The van der Waals surface area contributed by atoms with E-state index in [1.165, 1.54) is 48.2 Å². The Balaban J connectivity index is 1.89. The quantitative estimate of drug-likeness (QED) is 0.833. The summed E-state index contributed by atoms with van der Waals surface area (Å²) in [7, 11) is 0. The first kappa shape index (κ1) is 12.4. The predicted octanol–water partition coefficient (Wildman–Crippen LogP) is 3.17. The molecule has 1 heterocycles. The van der Waals surface area contributed by atoms with Crippen molar-refractivity contribution in [2.45, 2.75) is 46.1 Å². The number of benzene rings is 1. The van der Waals surface area contributed by atoms with Crippen LogP contribution in [0.15, 0.2) is 12.1 Å². The number of hydrogen-bond acceptors (Lipinski definition) is 2. The van der Waals surface area contributed by atoms with Crippen LogP contribution in [0.5, 0.6) is 0 Å². The van der Waals surface area contributed by atoms with Crippen LogP contribution < -0.4 is 10.6 Å². The average Bonchev–Trinajstić information content (AvgIpc) is 2.74. The van der Waals surface area contributed by atoms with E-state index in [2.05, 4.69) is 43.5 Å². The number of anilines is 1. The molecule has 1 unspecified atom stereocenters. The Morgan fingerprint density at radius 1 is 1.24 bits per heavy atom. The zero-order valence-corrected chi connectivity index (χ0v) is 11.3. The molecule has 0 radical (unpaired) electrons. The molecule has 0 amide bonds. The van der Waals surface area contributed by atoms with Crippen LogP contribution in [0.3, 0.4) is 0 Å². The lowest BCUT2D eigenvalue weighted by Crippen LogP contribution is -2.24. The average molecular weight is 232 g/mol. The summed E-state index contributed by atoms with van der Waals surface area (Å²) in [5.74, 6) is 0. The molecular formula is C15H24N2. The summed E-state index contributed by atoms with van der Waals surface area (Å²) in [6.07, 6.45) is 3.91. The standard InChI is InChI=1S/C15H24N2/c1-11-9-12(2)15(13(3)10-11)17-8-6-14-5-4-7-16-14/h9-10,14,16-17H,4-8H2,1-3H3. The molecule has 0 bridgehead atoms. The molecule has 0 aromatic heterocycles. The summed E-state index contributed by atoms with van der Waals surface area (Å²) in [5, 5.41) is 7.14. The summed E-state index contributed by atoms with van der Waals surface area (Å²) in [4.78, 5) is 0. The van der Waals surface area contributed by atoms with E-state index >= 15 is 0 Å². The van der Waals surface area contributed by atoms with E-state index in [0.717, 1.165) is 12.6 Å². The van der Waals surface area contributed by atoms with E-state index in [9.17, 15) is 0 Å². The van der Waals surface area contributed by atoms with Crippen molar-refractivity contribution in [2.75, 3.05) is 18.4 Å². The summed E-state index contributed by atoms with van der Waals surface area (Å²) >= 11 is 0. The highest BCUT2D eigenvalue weighted by molar-refractivity contribution is 5.58. The first-order chi connectivity index (χ1) is 8.16. The van der Waals surface area contributed by atoms with Crippen LogP contribution in [0, 0.1) is 20.8 Å². The summed E-state index contributed by atoms with van der Waals surface area (Å²) in [5.41, 5.74) is 5.40. The Hall–Kier alpha value is -1.02. The van der Waals surface area contributed by atoms with Gasteiger partial charge in [-0.1, -0.05) is 17.7 Å². The van der Waals surface area contributed by atoms with Gasteiger partial charge in [-0.05, 0) is 57.7 Å². The van der Waals surface area contributed by atoms with E-state index in [1.54, 1.807) is 0 Å². The van der Waals surface area contributed by atoms with E-state index in [4.69, 9.17) is 0 Å². The predicted molar refractivity (Wildman–Crippen MR) is 74.8 cm³/mol. The second kappa shape index (κ2) is 5.54. The van der Waals surface area contributed by atoms with Gasteiger partial charge in [0.1, 0.15) is 0 Å². The van der Waals surface area contributed by atoms with Gasteiger partial charge in [-0.25, -0.2) is 0 Å². The molecule has 1 saturated heterocycles. The van der Waals surface area contributed by atoms with Crippen LogP contribution in [-0.2, 0) is 0 Å². The van der Waals surface area contributed by atoms with Crippen molar-refractivity contribution < 1.29 is 0 Å². The maximum absolute atomic E-state index is 3.60. The van der Waals surface area contributed by atoms with Gasteiger partial charge in [0.25, 0.3) is 0 Å². The van der Waals surface area contributed by atoms with Crippen molar-refractivity contribution in [3.05, 3.63) is 28.8 Å². The number of aryl methyl sites for hydroxylation is 3. The smallest absolute Gasteiger partial charge is 0.0399 e. The molecule has 2 heteroatoms. The zero-order chi connectivity index (χ0) is 12.3. The Kier molecular flexibility index (Phi) is 4.06. The molecule has 0 saturated carbocycles. The topological polar surface area (TPSA) is 24.1 Å². The molecule has 2 nitrogen and oxygen atoms in total. The maximum atomic E-state index is 3.60. The zero-order valence-electron chi connectivity index (χ0n) is 11.3. The highest BCUT2D eigenvalue weighted by atomic mass is 15.0. The number of rotatable bonds is 4. The Morgan fingerprint density at radius 2 is 1.94 bits per heavy atom. The van der Waals surface area contributed by atoms with Crippen molar-refractivity contribution in [2.24, 2.45) is 0 Å². The van der Waals surface area contributed by atoms with Crippen LogP contribution >= 0.6 is 0 Å². The van der Waals surface area contributed by atoms with Gasteiger partial charge in [-0.2, -0.15) is 0 Å². The lowest BCUT2D eigenvalue weighted by atomic mass is 10.0. The summed E-state index contributed by atoms with van der Waals surface area (Å²) < 4.78 is 0. The van der Waals surface area contributed by atoms with Crippen LogP contribution in [0.1, 0.15) is 36.0 Å². The van der Waals surface area contributed by atoms with Gasteiger partial charge in [-0.15, -0.1) is 0 Å². The van der Waals surface area contributed by atoms with Crippen molar-refractivity contribution >= 4 is 5.69 Å². The Labute approximate surface area is 105 Å². The van der Waals surface area contributed by atoms with Gasteiger partial charge in [0.2, 0.25) is 0 Å². The fraction of sp³-hybridized carbons (Fsp3) is 0.600. The molecule has 17 heavy (non-hydrogen) atoms.